The molecule has 0 aliphatic carbocycles. The standard InChI is InChI=1S/C13H15BrClN3O/c1-8(15)12-17-11-5-9(14)6-16-13(11)18(12)10-3-2-4-19-7-10/h5-6,8,10H,2-4,7H2,1H3. The molecule has 1 saturated heterocycles. The first-order valence-corrected chi connectivity index (χ1v) is 7.65. The van der Waals surface area contributed by atoms with Crippen LogP contribution in [0, 0.1) is 0 Å². The van der Waals surface area contributed by atoms with Crippen LogP contribution in [-0.4, -0.2) is 27.7 Å². The number of ether oxygens (including phenoxy) is 1. The van der Waals surface area contributed by atoms with Gasteiger partial charge in [0.05, 0.1) is 18.0 Å². The number of rotatable bonds is 2. The lowest BCUT2D eigenvalue weighted by molar-refractivity contribution is 0.0593. The predicted octanol–water partition coefficient (Wildman–Crippen LogP) is 3.85. The van der Waals surface area contributed by atoms with E-state index in [1.807, 2.05) is 13.0 Å². The molecule has 0 bridgehead atoms. The summed E-state index contributed by atoms with van der Waals surface area (Å²) in [6, 6.07) is 2.26. The van der Waals surface area contributed by atoms with Crippen LogP contribution in [0.2, 0.25) is 0 Å². The molecule has 2 unspecified atom stereocenters. The summed E-state index contributed by atoms with van der Waals surface area (Å²) in [4.78, 5) is 9.13. The van der Waals surface area contributed by atoms with Crippen LogP contribution < -0.4 is 0 Å². The van der Waals surface area contributed by atoms with Crippen molar-refractivity contribution in [2.45, 2.75) is 31.2 Å². The molecule has 3 rings (SSSR count). The smallest absolute Gasteiger partial charge is 0.160 e. The van der Waals surface area contributed by atoms with Crippen molar-refractivity contribution < 1.29 is 4.74 Å². The van der Waals surface area contributed by atoms with E-state index >= 15 is 0 Å². The van der Waals surface area contributed by atoms with E-state index < -0.39 is 0 Å². The average Bonchev–Trinajstić information content (AvgIpc) is 2.78. The van der Waals surface area contributed by atoms with Gasteiger partial charge in [-0.3, -0.25) is 0 Å². The first-order valence-electron chi connectivity index (χ1n) is 6.42. The zero-order valence-corrected chi connectivity index (χ0v) is 13.0. The maximum absolute atomic E-state index is 6.28. The van der Waals surface area contributed by atoms with Crippen molar-refractivity contribution in [2.75, 3.05) is 13.2 Å². The highest BCUT2D eigenvalue weighted by Gasteiger charge is 2.24. The number of fused-ring (bicyclic) bond motifs is 1. The van der Waals surface area contributed by atoms with Gasteiger partial charge in [-0.1, -0.05) is 0 Å². The SMILES string of the molecule is CC(Cl)c1nc2cc(Br)cnc2n1C1CCCOC1. The Hall–Kier alpha value is -0.650. The Balaban J connectivity index is 2.15. The minimum Gasteiger partial charge on any atom is -0.379 e. The van der Waals surface area contributed by atoms with Gasteiger partial charge in [0.2, 0.25) is 0 Å². The van der Waals surface area contributed by atoms with Gasteiger partial charge in [-0.25, -0.2) is 9.97 Å². The minimum absolute atomic E-state index is 0.144. The van der Waals surface area contributed by atoms with Crippen LogP contribution in [0.15, 0.2) is 16.7 Å². The molecule has 0 amide bonds. The molecule has 0 aromatic carbocycles. The van der Waals surface area contributed by atoms with Crippen molar-refractivity contribution in [3.05, 3.63) is 22.6 Å². The highest BCUT2D eigenvalue weighted by Crippen LogP contribution is 2.31. The molecular formula is C13H15BrClN3O. The second-order valence-corrected chi connectivity index (χ2v) is 6.39. The van der Waals surface area contributed by atoms with Gasteiger partial charge >= 0.3 is 0 Å². The molecule has 0 radical (unpaired) electrons. The van der Waals surface area contributed by atoms with E-state index in [0.29, 0.717) is 6.61 Å². The second-order valence-electron chi connectivity index (χ2n) is 4.82. The fourth-order valence-electron chi connectivity index (χ4n) is 2.54. The molecule has 1 fully saturated rings. The molecule has 2 aromatic heterocycles. The molecule has 1 aliphatic heterocycles. The van der Waals surface area contributed by atoms with Gasteiger partial charge in [-0.05, 0) is 41.8 Å². The molecular weight excluding hydrogens is 330 g/mol. The van der Waals surface area contributed by atoms with Crippen molar-refractivity contribution >= 4 is 38.7 Å². The van der Waals surface area contributed by atoms with E-state index in [4.69, 9.17) is 16.3 Å². The minimum atomic E-state index is -0.144. The third-order valence-electron chi connectivity index (χ3n) is 3.38. The van der Waals surface area contributed by atoms with E-state index in [0.717, 1.165) is 40.9 Å². The van der Waals surface area contributed by atoms with E-state index in [1.165, 1.54) is 0 Å². The first-order chi connectivity index (χ1) is 9.16. The van der Waals surface area contributed by atoms with Gasteiger partial charge in [-0.2, -0.15) is 0 Å². The lowest BCUT2D eigenvalue weighted by Gasteiger charge is -2.25. The van der Waals surface area contributed by atoms with Gasteiger partial charge in [0.15, 0.2) is 5.65 Å². The third kappa shape index (κ3) is 2.51. The molecule has 4 nitrogen and oxygen atoms in total. The first kappa shape index (κ1) is 13.3. The van der Waals surface area contributed by atoms with Crippen molar-refractivity contribution in [1.82, 2.24) is 14.5 Å². The highest BCUT2D eigenvalue weighted by atomic mass is 79.9. The normalized spacial score (nSPS) is 21.7. The van der Waals surface area contributed by atoms with E-state index in [1.54, 1.807) is 6.20 Å². The quantitative estimate of drug-likeness (QED) is 0.777. The largest absolute Gasteiger partial charge is 0.379 e. The number of hydrogen-bond donors (Lipinski definition) is 0. The lowest BCUT2D eigenvalue weighted by Crippen LogP contribution is -2.23. The molecule has 2 atom stereocenters. The number of alkyl halides is 1. The topological polar surface area (TPSA) is 39.9 Å². The van der Waals surface area contributed by atoms with Crippen LogP contribution in [0.5, 0.6) is 0 Å². The number of imidazole rings is 1. The van der Waals surface area contributed by atoms with Crippen LogP contribution >= 0.6 is 27.5 Å². The van der Waals surface area contributed by atoms with Crippen LogP contribution in [-0.2, 0) is 4.74 Å². The average molecular weight is 345 g/mol. The summed E-state index contributed by atoms with van der Waals surface area (Å²) in [7, 11) is 0. The number of aromatic nitrogens is 3. The highest BCUT2D eigenvalue weighted by molar-refractivity contribution is 9.10. The van der Waals surface area contributed by atoms with Crippen LogP contribution in [0.1, 0.15) is 37.0 Å². The number of pyridine rings is 1. The van der Waals surface area contributed by atoms with Gasteiger partial charge in [0.1, 0.15) is 11.3 Å². The summed E-state index contributed by atoms with van der Waals surface area (Å²) in [5.74, 6) is 0.873. The molecule has 19 heavy (non-hydrogen) atoms. The lowest BCUT2D eigenvalue weighted by atomic mass is 10.1. The number of hydrogen-bond acceptors (Lipinski definition) is 3. The molecule has 0 N–H and O–H groups in total. The molecule has 6 heteroatoms. The summed E-state index contributed by atoms with van der Waals surface area (Å²) in [5.41, 5.74) is 1.77. The Labute approximate surface area is 125 Å². The van der Waals surface area contributed by atoms with Gasteiger partial charge in [0.25, 0.3) is 0 Å². The summed E-state index contributed by atoms with van der Waals surface area (Å²) in [6.45, 7) is 3.49. The monoisotopic (exact) mass is 343 g/mol. The van der Waals surface area contributed by atoms with E-state index in [-0.39, 0.29) is 11.4 Å². The van der Waals surface area contributed by atoms with E-state index in [9.17, 15) is 0 Å². The van der Waals surface area contributed by atoms with E-state index in [2.05, 4.69) is 30.5 Å². The summed E-state index contributed by atoms with van der Waals surface area (Å²) in [5, 5.41) is -0.144. The molecule has 102 valence electrons. The number of halogens is 2. The summed E-state index contributed by atoms with van der Waals surface area (Å²) in [6.07, 6.45) is 3.95. The number of nitrogens with zero attached hydrogens (tertiary/aromatic N) is 3. The molecule has 0 spiro atoms. The Morgan fingerprint density at radius 3 is 3.11 bits per heavy atom. The third-order valence-corrected chi connectivity index (χ3v) is 4.01. The summed E-state index contributed by atoms with van der Waals surface area (Å²) < 4.78 is 8.66. The van der Waals surface area contributed by atoms with Crippen LogP contribution in [0.3, 0.4) is 0 Å². The van der Waals surface area contributed by atoms with Gasteiger partial charge < -0.3 is 9.30 Å². The summed E-state index contributed by atoms with van der Waals surface area (Å²) >= 11 is 9.71. The maximum atomic E-state index is 6.28. The van der Waals surface area contributed by atoms with Gasteiger partial charge in [0, 0.05) is 17.3 Å². The van der Waals surface area contributed by atoms with Gasteiger partial charge in [-0.15, -0.1) is 11.6 Å². The van der Waals surface area contributed by atoms with Crippen LogP contribution in [0.25, 0.3) is 11.2 Å². The Bertz CT molecular complexity index is 593. The molecule has 3 heterocycles. The Kier molecular flexibility index (Phi) is 3.78. The van der Waals surface area contributed by atoms with Crippen molar-refractivity contribution in [3.8, 4) is 0 Å². The van der Waals surface area contributed by atoms with Crippen LogP contribution in [0.4, 0.5) is 0 Å². The van der Waals surface area contributed by atoms with Crippen molar-refractivity contribution in [3.63, 3.8) is 0 Å². The molecule has 0 saturated carbocycles. The Morgan fingerprint density at radius 1 is 1.58 bits per heavy atom. The molecule has 1 aliphatic rings. The maximum Gasteiger partial charge on any atom is 0.160 e. The second kappa shape index (κ2) is 5.38. The molecule has 2 aromatic rings. The van der Waals surface area contributed by atoms with Crippen molar-refractivity contribution in [1.29, 1.82) is 0 Å². The van der Waals surface area contributed by atoms with Crippen molar-refractivity contribution in [2.24, 2.45) is 0 Å². The fraction of sp³-hybridized carbons (Fsp3) is 0.538. The zero-order chi connectivity index (χ0) is 13.4. The Morgan fingerprint density at radius 2 is 2.42 bits per heavy atom. The zero-order valence-electron chi connectivity index (χ0n) is 10.6. The fourth-order valence-corrected chi connectivity index (χ4v) is 3.02. The predicted molar refractivity (Wildman–Crippen MR) is 78.6 cm³/mol.